The Bertz CT molecular complexity index is 633. The van der Waals surface area contributed by atoms with Crippen molar-refractivity contribution < 1.29 is 0 Å². The molecule has 0 unspecified atom stereocenters. The van der Waals surface area contributed by atoms with Gasteiger partial charge in [-0.1, -0.05) is 27.7 Å². The maximum atomic E-state index is 4.48. The van der Waals surface area contributed by atoms with Crippen LogP contribution in [0.1, 0.15) is 57.0 Å². The van der Waals surface area contributed by atoms with Crippen LogP contribution in [-0.4, -0.2) is 43.8 Å². The fourth-order valence-corrected chi connectivity index (χ4v) is 2.11. The van der Waals surface area contributed by atoms with Crippen molar-refractivity contribution in [2.75, 3.05) is 24.3 Å². The molecule has 126 valence electrons. The monoisotopic (exact) mass is 318 g/mol. The molecule has 2 aromatic rings. The molecule has 0 amide bonds. The minimum Gasteiger partial charge on any atom is -0.347 e. The summed E-state index contributed by atoms with van der Waals surface area (Å²) in [7, 11) is 5.81. The molecule has 0 saturated carbocycles. The number of anilines is 2. The highest BCUT2D eigenvalue weighted by Crippen LogP contribution is 2.16. The zero-order chi connectivity index (χ0) is 17.1. The maximum absolute atomic E-state index is 4.48. The third-order valence-corrected chi connectivity index (χ3v) is 3.48. The third kappa shape index (κ3) is 3.94. The minimum absolute atomic E-state index is 0.236. The minimum atomic E-state index is 0.236. The van der Waals surface area contributed by atoms with Crippen LogP contribution in [0, 0.1) is 0 Å². The number of hydrogen-bond acceptors (Lipinski definition) is 7. The van der Waals surface area contributed by atoms with Crippen LogP contribution in [0.25, 0.3) is 0 Å². The molecule has 0 atom stereocenters. The second-order valence-corrected chi connectivity index (χ2v) is 6.41. The zero-order valence-electron chi connectivity index (χ0n) is 15.0. The van der Waals surface area contributed by atoms with Crippen molar-refractivity contribution in [3.63, 3.8) is 0 Å². The average Bonchev–Trinajstić information content (AvgIpc) is 2.85. The van der Waals surface area contributed by atoms with Crippen LogP contribution in [0.2, 0.25) is 0 Å². The van der Waals surface area contributed by atoms with E-state index >= 15 is 0 Å². The predicted molar refractivity (Wildman–Crippen MR) is 90.7 cm³/mol. The molecule has 0 aliphatic carbocycles. The normalized spacial score (nSPS) is 11.3. The molecule has 23 heavy (non-hydrogen) atoms. The Morgan fingerprint density at radius 3 is 2.22 bits per heavy atom. The van der Waals surface area contributed by atoms with Gasteiger partial charge in [-0.2, -0.15) is 15.0 Å². The van der Waals surface area contributed by atoms with Gasteiger partial charge < -0.3 is 14.8 Å². The molecule has 0 radical (unpaired) electrons. The van der Waals surface area contributed by atoms with Crippen LogP contribution in [0.3, 0.4) is 0 Å². The van der Waals surface area contributed by atoms with E-state index in [1.54, 1.807) is 0 Å². The van der Waals surface area contributed by atoms with E-state index in [0.29, 0.717) is 24.4 Å². The van der Waals surface area contributed by atoms with Crippen LogP contribution in [0.15, 0.2) is 0 Å². The molecular formula is C15H26N8. The first-order valence-electron chi connectivity index (χ1n) is 7.85. The van der Waals surface area contributed by atoms with Crippen molar-refractivity contribution in [2.24, 2.45) is 7.05 Å². The summed E-state index contributed by atoms with van der Waals surface area (Å²) in [4.78, 5) is 15.3. The fraction of sp³-hybridized carbons (Fsp3) is 0.667. The molecular weight excluding hydrogens is 292 g/mol. The van der Waals surface area contributed by atoms with E-state index in [1.807, 2.05) is 30.6 Å². The van der Waals surface area contributed by atoms with E-state index < -0.39 is 0 Å². The number of nitrogens with one attached hydrogen (secondary N) is 1. The first-order chi connectivity index (χ1) is 10.8. The summed E-state index contributed by atoms with van der Waals surface area (Å²) in [5.74, 6) is 4.37. The Balaban J connectivity index is 2.20. The summed E-state index contributed by atoms with van der Waals surface area (Å²) < 4.78 is 2.01. The lowest BCUT2D eigenvalue weighted by Gasteiger charge is -2.14. The lowest BCUT2D eigenvalue weighted by molar-refractivity contribution is 0.691. The van der Waals surface area contributed by atoms with Gasteiger partial charge in [-0.15, -0.1) is 10.2 Å². The highest BCUT2D eigenvalue weighted by atomic mass is 15.3. The summed E-state index contributed by atoms with van der Waals surface area (Å²) >= 11 is 0. The molecule has 2 aromatic heterocycles. The van der Waals surface area contributed by atoms with Crippen LogP contribution in [0.4, 0.5) is 11.9 Å². The molecule has 8 heteroatoms. The van der Waals surface area contributed by atoms with Crippen molar-refractivity contribution in [1.29, 1.82) is 0 Å². The second-order valence-electron chi connectivity index (χ2n) is 6.41. The predicted octanol–water partition coefficient (Wildman–Crippen LogP) is 1.92. The van der Waals surface area contributed by atoms with Gasteiger partial charge in [-0.25, -0.2) is 0 Å². The molecule has 0 aromatic carbocycles. The molecule has 0 aliphatic rings. The Morgan fingerprint density at radius 2 is 1.70 bits per heavy atom. The standard InChI is InChI=1S/C15H26N8/c1-9(2)12-17-14(19-15(18-12)22(5)6)16-8-11-20-21-13(10(3)4)23(11)7/h9-10H,8H2,1-7H3,(H,16,17,18,19). The van der Waals surface area contributed by atoms with Crippen LogP contribution < -0.4 is 10.2 Å². The van der Waals surface area contributed by atoms with Crippen molar-refractivity contribution in [1.82, 2.24) is 29.7 Å². The van der Waals surface area contributed by atoms with Crippen LogP contribution in [-0.2, 0) is 13.6 Å². The first kappa shape index (κ1) is 17.1. The van der Waals surface area contributed by atoms with E-state index in [4.69, 9.17) is 0 Å². The van der Waals surface area contributed by atoms with Gasteiger partial charge in [0.2, 0.25) is 11.9 Å². The maximum Gasteiger partial charge on any atom is 0.229 e. The Hall–Kier alpha value is -2.25. The molecule has 0 spiro atoms. The van der Waals surface area contributed by atoms with E-state index in [-0.39, 0.29) is 5.92 Å². The van der Waals surface area contributed by atoms with Crippen LogP contribution in [0.5, 0.6) is 0 Å². The van der Waals surface area contributed by atoms with Crippen molar-refractivity contribution >= 4 is 11.9 Å². The van der Waals surface area contributed by atoms with Crippen molar-refractivity contribution in [3.8, 4) is 0 Å². The van der Waals surface area contributed by atoms with Gasteiger partial charge in [0.1, 0.15) is 11.6 Å². The Labute approximate surface area is 137 Å². The molecule has 0 saturated heterocycles. The fourth-order valence-electron chi connectivity index (χ4n) is 2.11. The first-order valence-corrected chi connectivity index (χ1v) is 7.85. The van der Waals surface area contributed by atoms with Gasteiger partial charge in [0.25, 0.3) is 0 Å². The second kappa shape index (κ2) is 6.89. The molecule has 0 fully saturated rings. The number of nitrogens with zero attached hydrogens (tertiary/aromatic N) is 7. The smallest absolute Gasteiger partial charge is 0.229 e. The summed E-state index contributed by atoms with van der Waals surface area (Å²) in [5.41, 5.74) is 0. The SMILES string of the molecule is CC(C)c1nc(NCc2nnc(C(C)C)n2C)nc(N(C)C)n1. The van der Waals surface area contributed by atoms with Crippen molar-refractivity contribution in [3.05, 3.63) is 17.5 Å². The van der Waals surface area contributed by atoms with E-state index in [2.05, 4.69) is 58.2 Å². The van der Waals surface area contributed by atoms with Gasteiger partial charge in [0.05, 0.1) is 6.54 Å². The summed E-state index contributed by atoms with van der Waals surface area (Å²) in [6, 6.07) is 0. The van der Waals surface area contributed by atoms with E-state index in [1.165, 1.54) is 0 Å². The zero-order valence-corrected chi connectivity index (χ0v) is 15.0. The highest BCUT2D eigenvalue weighted by molar-refractivity contribution is 5.36. The quantitative estimate of drug-likeness (QED) is 0.871. The molecule has 1 N–H and O–H groups in total. The van der Waals surface area contributed by atoms with Gasteiger partial charge in [-0.05, 0) is 0 Å². The average molecular weight is 318 g/mol. The lowest BCUT2D eigenvalue weighted by Crippen LogP contribution is -2.18. The largest absolute Gasteiger partial charge is 0.347 e. The van der Waals surface area contributed by atoms with E-state index in [0.717, 1.165) is 17.5 Å². The molecule has 0 aliphatic heterocycles. The summed E-state index contributed by atoms with van der Waals surface area (Å²) in [5, 5.41) is 11.7. The van der Waals surface area contributed by atoms with Gasteiger partial charge in [0, 0.05) is 33.0 Å². The van der Waals surface area contributed by atoms with Gasteiger partial charge in [0.15, 0.2) is 5.82 Å². The van der Waals surface area contributed by atoms with Gasteiger partial charge in [-0.3, -0.25) is 0 Å². The molecule has 2 rings (SSSR count). The topological polar surface area (TPSA) is 84.7 Å². The molecule has 2 heterocycles. The number of hydrogen-bond donors (Lipinski definition) is 1. The Kier molecular flexibility index (Phi) is 5.12. The summed E-state index contributed by atoms with van der Waals surface area (Å²) in [6.07, 6.45) is 0. The number of aromatic nitrogens is 6. The Morgan fingerprint density at radius 1 is 1.00 bits per heavy atom. The number of rotatable bonds is 6. The molecule has 0 bridgehead atoms. The van der Waals surface area contributed by atoms with E-state index in [9.17, 15) is 0 Å². The van der Waals surface area contributed by atoms with Gasteiger partial charge >= 0.3 is 0 Å². The molecule has 8 nitrogen and oxygen atoms in total. The lowest BCUT2D eigenvalue weighted by atomic mass is 10.2. The summed E-state index contributed by atoms with van der Waals surface area (Å²) in [6.45, 7) is 8.86. The van der Waals surface area contributed by atoms with Crippen LogP contribution >= 0.6 is 0 Å². The van der Waals surface area contributed by atoms with Crippen molar-refractivity contribution in [2.45, 2.75) is 46.1 Å². The third-order valence-electron chi connectivity index (χ3n) is 3.48. The highest BCUT2D eigenvalue weighted by Gasteiger charge is 2.14.